The minimum absolute atomic E-state index is 0.147. The smallest absolute Gasteiger partial charge is 0.274 e. The molecule has 2 N–H and O–H groups in total. The molecule has 0 fully saturated rings. The third kappa shape index (κ3) is 3.66. The van der Waals surface area contributed by atoms with Crippen LogP contribution in [0.1, 0.15) is 39.2 Å². The number of carbonyl (C=O) groups excluding carboxylic acids is 2. The summed E-state index contributed by atoms with van der Waals surface area (Å²) in [6.45, 7) is 4.45. The van der Waals surface area contributed by atoms with Crippen LogP contribution in [0.4, 0.5) is 5.69 Å². The molecule has 3 heterocycles. The summed E-state index contributed by atoms with van der Waals surface area (Å²) in [7, 11) is 1.74. The Hall–Kier alpha value is -3.36. The molecule has 26 heavy (non-hydrogen) atoms. The van der Waals surface area contributed by atoms with Crippen LogP contribution in [0.15, 0.2) is 35.2 Å². The highest BCUT2D eigenvalue weighted by molar-refractivity contribution is 6.08. The highest BCUT2D eigenvalue weighted by Gasteiger charge is 2.20. The standard InChI is InChI=1S/C17H20N6O3/c1-4-23-10-14(19-16(24)13-9-22(3)20-11(13)2)15(21-23)17(25)18-8-12-6-5-7-26-12/h5-7,9-10H,4,8H2,1-3H3,(H,18,25)(H,19,24). The molecule has 3 aromatic heterocycles. The molecular formula is C17H20N6O3. The fourth-order valence-electron chi connectivity index (χ4n) is 2.52. The number of nitrogens with one attached hydrogen (secondary N) is 2. The quantitative estimate of drug-likeness (QED) is 0.699. The summed E-state index contributed by atoms with van der Waals surface area (Å²) < 4.78 is 8.35. The van der Waals surface area contributed by atoms with Crippen LogP contribution in [0.5, 0.6) is 0 Å². The molecule has 0 saturated carbocycles. The zero-order valence-electron chi connectivity index (χ0n) is 14.8. The molecule has 136 valence electrons. The SMILES string of the molecule is CCn1cc(NC(=O)c2cn(C)nc2C)c(C(=O)NCc2ccco2)n1. The van der Waals surface area contributed by atoms with Gasteiger partial charge in [0, 0.05) is 26.0 Å². The maximum absolute atomic E-state index is 12.5. The number of aryl methyl sites for hydroxylation is 3. The third-order valence-electron chi connectivity index (χ3n) is 3.81. The molecule has 0 atom stereocenters. The van der Waals surface area contributed by atoms with Crippen LogP contribution in [0.2, 0.25) is 0 Å². The van der Waals surface area contributed by atoms with Crippen LogP contribution in [-0.4, -0.2) is 31.4 Å². The summed E-state index contributed by atoms with van der Waals surface area (Å²) in [6.07, 6.45) is 4.80. The van der Waals surface area contributed by atoms with Crippen molar-refractivity contribution in [1.82, 2.24) is 24.9 Å². The maximum Gasteiger partial charge on any atom is 0.274 e. The second-order valence-corrected chi connectivity index (χ2v) is 5.77. The van der Waals surface area contributed by atoms with Gasteiger partial charge in [-0.1, -0.05) is 0 Å². The van der Waals surface area contributed by atoms with Gasteiger partial charge in [-0.25, -0.2) is 0 Å². The van der Waals surface area contributed by atoms with Crippen molar-refractivity contribution < 1.29 is 14.0 Å². The van der Waals surface area contributed by atoms with Crippen molar-refractivity contribution in [2.24, 2.45) is 7.05 Å². The maximum atomic E-state index is 12.5. The first-order chi connectivity index (χ1) is 12.5. The van der Waals surface area contributed by atoms with E-state index in [1.54, 1.807) is 47.9 Å². The van der Waals surface area contributed by atoms with Crippen LogP contribution in [0.3, 0.4) is 0 Å². The van der Waals surface area contributed by atoms with Crippen LogP contribution in [0.25, 0.3) is 0 Å². The van der Waals surface area contributed by atoms with Crippen LogP contribution in [-0.2, 0) is 20.1 Å². The second kappa shape index (κ2) is 7.26. The molecular weight excluding hydrogens is 336 g/mol. The molecule has 0 unspecified atom stereocenters. The van der Waals surface area contributed by atoms with Gasteiger partial charge in [0.05, 0.1) is 29.8 Å². The molecule has 0 aliphatic carbocycles. The number of hydrogen-bond donors (Lipinski definition) is 2. The fourth-order valence-corrected chi connectivity index (χ4v) is 2.52. The lowest BCUT2D eigenvalue weighted by Crippen LogP contribution is -2.25. The predicted molar refractivity (Wildman–Crippen MR) is 93.7 cm³/mol. The minimum Gasteiger partial charge on any atom is -0.467 e. The zero-order chi connectivity index (χ0) is 18.7. The van der Waals surface area contributed by atoms with Crippen molar-refractivity contribution >= 4 is 17.5 Å². The molecule has 3 aromatic rings. The summed E-state index contributed by atoms with van der Waals surface area (Å²) in [6, 6.07) is 3.51. The highest BCUT2D eigenvalue weighted by Crippen LogP contribution is 2.17. The lowest BCUT2D eigenvalue weighted by atomic mass is 10.2. The Bertz CT molecular complexity index is 923. The molecule has 9 nitrogen and oxygen atoms in total. The van der Waals surface area contributed by atoms with Crippen LogP contribution < -0.4 is 10.6 Å². The van der Waals surface area contributed by atoms with Gasteiger partial charge < -0.3 is 15.1 Å². The van der Waals surface area contributed by atoms with Crippen molar-refractivity contribution in [2.75, 3.05) is 5.32 Å². The Kier molecular flexibility index (Phi) is 4.87. The molecule has 3 rings (SSSR count). The lowest BCUT2D eigenvalue weighted by Gasteiger charge is -2.05. The van der Waals surface area contributed by atoms with Gasteiger partial charge in [0.1, 0.15) is 5.76 Å². The average molecular weight is 356 g/mol. The van der Waals surface area contributed by atoms with E-state index in [2.05, 4.69) is 20.8 Å². The van der Waals surface area contributed by atoms with E-state index < -0.39 is 5.91 Å². The topological polar surface area (TPSA) is 107 Å². The first kappa shape index (κ1) is 17.5. The number of carbonyl (C=O) groups is 2. The van der Waals surface area contributed by atoms with Crippen LogP contribution in [0, 0.1) is 6.92 Å². The zero-order valence-corrected chi connectivity index (χ0v) is 14.8. The van der Waals surface area contributed by atoms with Crippen molar-refractivity contribution in [3.05, 3.63) is 53.5 Å². The van der Waals surface area contributed by atoms with Gasteiger partial charge in [-0.3, -0.25) is 19.0 Å². The summed E-state index contributed by atoms with van der Waals surface area (Å²) in [5.74, 6) is -0.108. The van der Waals surface area contributed by atoms with E-state index in [-0.39, 0.29) is 18.1 Å². The molecule has 0 saturated heterocycles. The van der Waals surface area contributed by atoms with E-state index >= 15 is 0 Å². The van der Waals surface area contributed by atoms with Gasteiger partial charge in [0.2, 0.25) is 0 Å². The molecule has 0 radical (unpaired) electrons. The van der Waals surface area contributed by atoms with Crippen LogP contribution >= 0.6 is 0 Å². The summed E-state index contributed by atoms with van der Waals surface area (Å²) in [5.41, 5.74) is 1.54. The largest absolute Gasteiger partial charge is 0.467 e. The second-order valence-electron chi connectivity index (χ2n) is 5.77. The van der Waals surface area contributed by atoms with E-state index in [1.807, 2.05) is 6.92 Å². The van der Waals surface area contributed by atoms with E-state index in [0.717, 1.165) is 0 Å². The molecule has 2 amide bonds. The third-order valence-corrected chi connectivity index (χ3v) is 3.81. The fraction of sp³-hybridized carbons (Fsp3) is 0.294. The molecule has 0 bridgehead atoms. The van der Waals surface area contributed by atoms with E-state index in [4.69, 9.17) is 4.42 Å². The number of nitrogens with zero attached hydrogens (tertiary/aromatic N) is 4. The van der Waals surface area contributed by atoms with E-state index in [0.29, 0.717) is 29.2 Å². The van der Waals surface area contributed by atoms with Crippen molar-refractivity contribution in [2.45, 2.75) is 26.9 Å². The Morgan fingerprint density at radius 1 is 1.23 bits per heavy atom. The van der Waals surface area contributed by atoms with Gasteiger partial charge in [0.15, 0.2) is 5.69 Å². The average Bonchev–Trinajstić information content (AvgIpc) is 3.32. The number of hydrogen-bond acceptors (Lipinski definition) is 5. The Morgan fingerprint density at radius 3 is 2.65 bits per heavy atom. The molecule has 9 heteroatoms. The van der Waals surface area contributed by atoms with Crippen molar-refractivity contribution in [3.63, 3.8) is 0 Å². The van der Waals surface area contributed by atoms with Crippen molar-refractivity contribution in [1.29, 1.82) is 0 Å². The van der Waals surface area contributed by atoms with Gasteiger partial charge in [-0.2, -0.15) is 10.2 Å². The van der Waals surface area contributed by atoms with Crippen molar-refractivity contribution in [3.8, 4) is 0 Å². The number of anilines is 1. The highest BCUT2D eigenvalue weighted by atomic mass is 16.3. The number of furan rings is 1. The van der Waals surface area contributed by atoms with Gasteiger partial charge in [-0.15, -0.1) is 0 Å². The Morgan fingerprint density at radius 2 is 2.04 bits per heavy atom. The van der Waals surface area contributed by atoms with Gasteiger partial charge in [0.25, 0.3) is 11.8 Å². The predicted octanol–water partition coefficient (Wildman–Crippen LogP) is 1.72. The monoisotopic (exact) mass is 356 g/mol. The number of amides is 2. The normalized spacial score (nSPS) is 10.7. The molecule has 0 aliphatic heterocycles. The van der Waals surface area contributed by atoms with E-state index in [9.17, 15) is 9.59 Å². The Balaban J connectivity index is 1.78. The number of aromatic nitrogens is 4. The molecule has 0 aromatic carbocycles. The summed E-state index contributed by atoms with van der Waals surface area (Å²) in [5, 5.41) is 13.9. The first-order valence-corrected chi connectivity index (χ1v) is 8.17. The number of rotatable bonds is 6. The van der Waals surface area contributed by atoms with Gasteiger partial charge in [-0.05, 0) is 26.0 Å². The lowest BCUT2D eigenvalue weighted by molar-refractivity contribution is 0.0943. The summed E-state index contributed by atoms with van der Waals surface area (Å²) >= 11 is 0. The first-order valence-electron chi connectivity index (χ1n) is 8.17. The molecule has 0 aliphatic rings. The summed E-state index contributed by atoms with van der Waals surface area (Å²) in [4.78, 5) is 25.0. The minimum atomic E-state index is -0.396. The van der Waals surface area contributed by atoms with Gasteiger partial charge >= 0.3 is 0 Å². The van der Waals surface area contributed by atoms with E-state index in [1.165, 1.54) is 6.26 Å². The molecule has 0 spiro atoms. The Labute approximate surface area is 150 Å².